The smallest absolute Gasteiger partial charge is 0.423 e. The Labute approximate surface area is 194 Å². The van der Waals surface area contributed by atoms with E-state index >= 15 is 0 Å². The van der Waals surface area contributed by atoms with E-state index in [9.17, 15) is 46.0 Å². The van der Waals surface area contributed by atoms with Crippen molar-refractivity contribution in [3.05, 3.63) is 60.7 Å². The Morgan fingerprint density at radius 1 is 0.559 bits per heavy atom. The van der Waals surface area contributed by atoms with Crippen molar-refractivity contribution in [3.63, 3.8) is 0 Å². The largest absolute Gasteiger partial charge is 0.489 e. The molecule has 0 spiro atoms. The van der Waals surface area contributed by atoms with Crippen LogP contribution in [0, 0.1) is 0 Å². The van der Waals surface area contributed by atoms with Gasteiger partial charge in [-0.3, -0.25) is 9.11 Å². The van der Waals surface area contributed by atoms with Crippen molar-refractivity contribution in [1.82, 2.24) is 0 Å². The third kappa shape index (κ3) is 4.10. The molecule has 0 saturated heterocycles. The molecule has 174 valence electrons. The second-order valence-corrected chi connectivity index (χ2v) is 10.2. The molecule has 0 amide bonds. The number of hydrogen-bond acceptors (Lipinski definition) is 8. The quantitative estimate of drug-likeness (QED) is 0.154. The molecular weight excluding hydrogens is 486 g/mol. The Morgan fingerprint density at radius 2 is 0.882 bits per heavy atom. The van der Waals surface area contributed by atoms with Gasteiger partial charge in [-0.2, -0.15) is 16.8 Å². The third-order valence-corrected chi connectivity index (χ3v) is 7.29. The molecule has 0 atom stereocenters. The Balaban J connectivity index is 2.46. The summed E-state index contributed by atoms with van der Waals surface area (Å²) in [6.07, 6.45) is 0. The van der Waals surface area contributed by atoms with Gasteiger partial charge in [0.05, 0.1) is 0 Å². The molecule has 14 heteroatoms. The van der Waals surface area contributed by atoms with Crippen LogP contribution < -0.4 is 10.9 Å². The molecule has 6 N–H and O–H groups in total. The first-order valence-corrected chi connectivity index (χ1v) is 12.5. The van der Waals surface area contributed by atoms with E-state index in [2.05, 4.69) is 0 Å². The van der Waals surface area contributed by atoms with Gasteiger partial charge in [0.1, 0.15) is 9.79 Å². The summed E-state index contributed by atoms with van der Waals surface area (Å²) >= 11 is 0. The van der Waals surface area contributed by atoms with Crippen molar-refractivity contribution < 1.29 is 46.0 Å². The summed E-state index contributed by atoms with van der Waals surface area (Å²) in [7, 11) is -15.3. The molecule has 0 aliphatic carbocycles. The second-order valence-electron chi connectivity index (χ2n) is 7.48. The van der Waals surface area contributed by atoms with E-state index in [0.29, 0.717) is 0 Å². The first-order chi connectivity index (χ1) is 15.8. The summed E-state index contributed by atoms with van der Waals surface area (Å²) < 4.78 is 70.3. The molecule has 0 heterocycles. The molecule has 4 rings (SSSR count). The maximum absolute atomic E-state index is 12.5. The van der Waals surface area contributed by atoms with E-state index in [1.165, 1.54) is 36.4 Å². The van der Waals surface area contributed by atoms with Crippen molar-refractivity contribution in [2.75, 3.05) is 0 Å². The van der Waals surface area contributed by atoms with E-state index in [4.69, 9.17) is 0 Å². The second kappa shape index (κ2) is 8.45. The van der Waals surface area contributed by atoms with Gasteiger partial charge in [0, 0.05) is 22.1 Å². The molecule has 0 bridgehead atoms. The lowest BCUT2D eigenvalue weighted by Gasteiger charge is -2.21. The molecule has 0 aromatic heterocycles. The summed E-state index contributed by atoms with van der Waals surface area (Å²) in [5, 5.41) is 40.3. The molecular formula is C20H16B2O10S2. The van der Waals surface area contributed by atoms with Gasteiger partial charge in [0.15, 0.2) is 0 Å². The van der Waals surface area contributed by atoms with Crippen LogP contribution in [0.4, 0.5) is 0 Å². The minimum Gasteiger partial charge on any atom is -0.423 e. The lowest BCUT2D eigenvalue weighted by atomic mass is 9.74. The molecule has 34 heavy (non-hydrogen) atoms. The zero-order valence-corrected chi connectivity index (χ0v) is 18.7. The van der Waals surface area contributed by atoms with Crippen molar-refractivity contribution in [3.8, 4) is 11.1 Å². The van der Waals surface area contributed by atoms with Gasteiger partial charge in [-0.15, -0.1) is 0 Å². The fourth-order valence-corrected chi connectivity index (χ4v) is 6.00. The standard InChI is InChI=1S/C20H16B2O10S2/c23-21(24)15-9-11-5-1-3-7-13(11)17(19(15)33(27,28)29)18-14-8-4-2-6-12(14)10-16(22(25)26)20(18)34(30,31)32/h1-10,23-26H,(H,27,28,29)(H,30,31,32). The average molecular weight is 502 g/mol. The van der Waals surface area contributed by atoms with Crippen LogP contribution in [0.1, 0.15) is 0 Å². The van der Waals surface area contributed by atoms with Gasteiger partial charge in [-0.25, -0.2) is 0 Å². The fraction of sp³-hybridized carbons (Fsp3) is 0. The highest BCUT2D eigenvalue weighted by Gasteiger charge is 2.35. The number of hydrogen-bond donors (Lipinski definition) is 6. The van der Waals surface area contributed by atoms with Crippen LogP contribution in [0.5, 0.6) is 0 Å². The summed E-state index contributed by atoms with van der Waals surface area (Å²) in [5.41, 5.74) is -2.27. The van der Waals surface area contributed by atoms with Gasteiger partial charge in [0.25, 0.3) is 20.2 Å². The zero-order valence-electron chi connectivity index (χ0n) is 17.1. The summed E-state index contributed by atoms with van der Waals surface area (Å²) in [4.78, 5) is -2.03. The van der Waals surface area contributed by atoms with Gasteiger partial charge in [0.2, 0.25) is 0 Å². The van der Waals surface area contributed by atoms with Crippen LogP contribution >= 0.6 is 0 Å². The lowest BCUT2D eigenvalue weighted by molar-refractivity contribution is 0.422. The van der Waals surface area contributed by atoms with Crippen LogP contribution in [0.15, 0.2) is 70.5 Å². The predicted molar refractivity (Wildman–Crippen MR) is 126 cm³/mol. The molecule has 0 saturated carbocycles. The predicted octanol–water partition coefficient (Wildman–Crippen LogP) is -0.487. The zero-order chi connectivity index (χ0) is 25.0. The summed E-state index contributed by atoms with van der Waals surface area (Å²) in [6, 6.07) is 14.1. The molecule has 0 radical (unpaired) electrons. The Morgan fingerprint density at radius 3 is 1.18 bits per heavy atom. The van der Waals surface area contributed by atoms with Crippen LogP contribution in [-0.4, -0.2) is 60.3 Å². The maximum atomic E-state index is 12.5. The monoisotopic (exact) mass is 502 g/mol. The number of benzene rings is 4. The number of fused-ring (bicyclic) bond motifs is 2. The first-order valence-electron chi connectivity index (χ1n) is 9.61. The van der Waals surface area contributed by atoms with Crippen LogP contribution in [0.3, 0.4) is 0 Å². The van der Waals surface area contributed by atoms with Crippen molar-refractivity contribution in [2.45, 2.75) is 9.79 Å². The molecule has 0 fully saturated rings. The van der Waals surface area contributed by atoms with Crippen molar-refractivity contribution in [2.24, 2.45) is 0 Å². The van der Waals surface area contributed by atoms with E-state index in [0.717, 1.165) is 12.1 Å². The fourth-order valence-electron chi connectivity index (χ4n) is 4.14. The molecule has 0 unspecified atom stereocenters. The third-order valence-electron chi connectivity index (χ3n) is 5.38. The average Bonchev–Trinajstić information content (AvgIpc) is 2.75. The molecule has 0 aliphatic heterocycles. The van der Waals surface area contributed by atoms with Gasteiger partial charge in [-0.1, -0.05) is 60.7 Å². The van der Waals surface area contributed by atoms with Gasteiger partial charge >= 0.3 is 14.2 Å². The van der Waals surface area contributed by atoms with Crippen molar-refractivity contribution >= 4 is 66.9 Å². The summed E-state index contributed by atoms with van der Waals surface area (Å²) in [6.45, 7) is 0. The van der Waals surface area contributed by atoms with Crippen molar-refractivity contribution in [1.29, 1.82) is 0 Å². The van der Waals surface area contributed by atoms with Crippen LogP contribution in [0.25, 0.3) is 32.7 Å². The van der Waals surface area contributed by atoms with Gasteiger partial charge in [-0.05, 0) is 21.5 Å². The summed E-state index contributed by atoms with van der Waals surface area (Å²) in [5.74, 6) is 0. The number of rotatable bonds is 5. The molecule has 4 aromatic carbocycles. The molecule has 4 aromatic rings. The van der Waals surface area contributed by atoms with Gasteiger partial charge < -0.3 is 20.1 Å². The van der Waals surface area contributed by atoms with Crippen LogP contribution in [-0.2, 0) is 20.2 Å². The Bertz CT molecular complexity index is 1540. The highest BCUT2D eigenvalue weighted by atomic mass is 32.2. The maximum Gasteiger partial charge on any atom is 0.489 e. The van der Waals surface area contributed by atoms with E-state index in [1.807, 2.05) is 0 Å². The highest BCUT2D eigenvalue weighted by Crippen LogP contribution is 2.41. The topological polar surface area (TPSA) is 190 Å². The Kier molecular flexibility index (Phi) is 6.04. The minimum atomic E-state index is -5.23. The normalized spacial score (nSPS) is 12.3. The molecule has 0 aliphatic rings. The van der Waals surface area contributed by atoms with Crippen LogP contribution in [0.2, 0.25) is 0 Å². The SMILES string of the molecule is O=S(=O)(O)c1c(B(O)O)cc2ccccc2c1-c1c(S(=O)(=O)O)c(B(O)O)cc2ccccc12. The minimum absolute atomic E-state index is 0.0687. The Hall–Kier alpha value is -2.81. The van der Waals surface area contributed by atoms with E-state index < -0.39 is 66.3 Å². The molecule has 10 nitrogen and oxygen atoms in total. The lowest BCUT2D eigenvalue weighted by Crippen LogP contribution is -2.36. The van der Waals surface area contributed by atoms with E-state index in [1.54, 1.807) is 12.1 Å². The first kappa shape index (κ1) is 24.3. The van der Waals surface area contributed by atoms with E-state index in [-0.39, 0.29) is 21.5 Å². The highest BCUT2D eigenvalue weighted by molar-refractivity contribution is 7.86.